The number of aromatic nitrogens is 2. The normalized spacial score (nSPS) is 29.5. The minimum absolute atomic E-state index is 0.175. The van der Waals surface area contributed by atoms with Crippen molar-refractivity contribution in [1.82, 2.24) is 9.55 Å². The van der Waals surface area contributed by atoms with E-state index in [1.54, 1.807) is 0 Å². The van der Waals surface area contributed by atoms with Gasteiger partial charge in [0, 0.05) is 18.2 Å². The van der Waals surface area contributed by atoms with Gasteiger partial charge in [0.05, 0.1) is 13.2 Å². The summed E-state index contributed by atoms with van der Waals surface area (Å²) < 4.78 is 6.31. The summed E-state index contributed by atoms with van der Waals surface area (Å²) in [4.78, 5) is 24.3. The number of nitrogens with one attached hydrogen (secondary N) is 1. The maximum atomic E-state index is 11.4. The summed E-state index contributed by atoms with van der Waals surface area (Å²) in [6.45, 7) is -0.0380. The van der Waals surface area contributed by atoms with Gasteiger partial charge in [0.15, 0.2) is 6.23 Å². The zero-order chi connectivity index (χ0) is 11.7. The molecule has 0 radical (unpaired) electrons. The van der Waals surface area contributed by atoms with Gasteiger partial charge in [0.2, 0.25) is 0 Å². The third-order valence-electron chi connectivity index (χ3n) is 2.62. The summed E-state index contributed by atoms with van der Waals surface area (Å²) in [5.74, 6) is -0.413. The predicted molar refractivity (Wildman–Crippen MR) is 52.9 cm³/mol. The molecule has 0 aromatic carbocycles. The number of aliphatic hydroxyl groups is 2. The Bertz CT molecular complexity index is 479. The van der Waals surface area contributed by atoms with Crippen molar-refractivity contribution in [2.24, 2.45) is 5.92 Å². The molecule has 7 heteroatoms. The lowest BCUT2D eigenvalue weighted by atomic mass is 10.1. The standard InChI is InChI=1S/C9H12N2O5/c12-3-5-4-16-8(7(5)14)11-2-1-6(13)10-9(11)15/h1-2,5,7-8,12,14H,3-4H2,(H,10,13,15)/t5-,7-,8-/m1/s1. The van der Waals surface area contributed by atoms with Crippen molar-refractivity contribution in [2.45, 2.75) is 12.3 Å². The molecule has 1 fully saturated rings. The summed E-state index contributed by atoms with van der Waals surface area (Å²) in [5.41, 5.74) is -1.15. The molecule has 0 spiro atoms. The molecule has 1 aromatic heterocycles. The number of hydrogen-bond acceptors (Lipinski definition) is 5. The maximum absolute atomic E-state index is 11.4. The second-order valence-electron chi connectivity index (χ2n) is 3.67. The highest BCUT2D eigenvalue weighted by atomic mass is 16.5. The lowest BCUT2D eigenvalue weighted by molar-refractivity contribution is -0.0162. The van der Waals surface area contributed by atoms with E-state index >= 15 is 0 Å². The third-order valence-corrected chi connectivity index (χ3v) is 2.62. The molecular formula is C9H12N2O5. The fourth-order valence-corrected chi connectivity index (χ4v) is 1.69. The first kappa shape index (κ1) is 11.1. The van der Waals surface area contributed by atoms with Gasteiger partial charge in [-0.05, 0) is 0 Å². The second-order valence-corrected chi connectivity index (χ2v) is 3.67. The van der Waals surface area contributed by atoms with Gasteiger partial charge in [-0.25, -0.2) is 4.79 Å². The summed E-state index contributed by atoms with van der Waals surface area (Å²) in [6.07, 6.45) is -0.565. The molecule has 0 unspecified atom stereocenters. The Morgan fingerprint density at radius 3 is 2.88 bits per heavy atom. The number of ether oxygens (including phenoxy) is 1. The van der Waals surface area contributed by atoms with Crippen molar-refractivity contribution in [3.8, 4) is 0 Å². The van der Waals surface area contributed by atoms with Crippen molar-refractivity contribution in [2.75, 3.05) is 13.2 Å². The van der Waals surface area contributed by atoms with E-state index in [4.69, 9.17) is 9.84 Å². The number of H-pyrrole nitrogens is 1. The summed E-state index contributed by atoms with van der Waals surface area (Å²) in [6, 6.07) is 1.17. The molecule has 2 heterocycles. The van der Waals surface area contributed by atoms with Gasteiger partial charge in [-0.2, -0.15) is 0 Å². The monoisotopic (exact) mass is 228 g/mol. The molecule has 2 rings (SSSR count). The topological polar surface area (TPSA) is 105 Å². The van der Waals surface area contributed by atoms with Crippen molar-refractivity contribution in [3.63, 3.8) is 0 Å². The Labute approximate surface area is 89.9 Å². The van der Waals surface area contributed by atoms with Crippen molar-refractivity contribution < 1.29 is 14.9 Å². The summed E-state index contributed by atoms with van der Waals surface area (Å²) in [7, 11) is 0. The van der Waals surface area contributed by atoms with Crippen molar-refractivity contribution in [3.05, 3.63) is 33.1 Å². The maximum Gasteiger partial charge on any atom is 0.330 e. The van der Waals surface area contributed by atoms with E-state index in [9.17, 15) is 14.7 Å². The molecule has 0 amide bonds. The number of nitrogens with zero attached hydrogens (tertiary/aromatic N) is 1. The Kier molecular flexibility index (Phi) is 2.90. The molecule has 0 aliphatic carbocycles. The molecule has 1 aliphatic rings. The first-order valence-corrected chi connectivity index (χ1v) is 4.85. The number of aromatic amines is 1. The third kappa shape index (κ3) is 1.80. The summed E-state index contributed by atoms with van der Waals surface area (Å²) in [5, 5.41) is 18.7. The van der Waals surface area contributed by atoms with E-state index in [0.717, 1.165) is 4.57 Å². The Balaban J connectivity index is 2.32. The molecule has 1 aliphatic heterocycles. The van der Waals surface area contributed by atoms with Crippen LogP contribution in [0.4, 0.5) is 0 Å². The number of hydrogen-bond donors (Lipinski definition) is 3. The van der Waals surface area contributed by atoms with Crippen LogP contribution in [0.15, 0.2) is 21.9 Å². The highest BCUT2D eigenvalue weighted by Gasteiger charge is 2.37. The van der Waals surface area contributed by atoms with E-state index in [1.807, 2.05) is 0 Å². The lowest BCUT2D eigenvalue weighted by Gasteiger charge is -2.17. The van der Waals surface area contributed by atoms with Gasteiger partial charge in [0.1, 0.15) is 6.10 Å². The predicted octanol–water partition coefficient (Wildman–Crippen LogP) is -1.97. The Morgan fingerprint density at radius 2 is 2.31 bits per heavy atom. The van der Waals surface area contributed by atoms with Gasteiger partial charge in [-0.3, -0.25) is 14.3 Å². The van der Waals surface area contributed by atoms with E-state index in [-0.39, 0.29) is 13.2 Å². The first-order valence-electron chi connectivity index (χ1n) is 4.85. The fraction of sp³-hybridized carbons (Fsp3) is 0.556. The van der Waals surface area contributed by atoms with Crippen molar-refractivity contribution in [1.29, 1.82) is 0 Å². The van der Waals surface area contributed by atoms with Crippen LogP contribution in [0.3, 0.4) is 0 Å². The van der Waals surface area contributed by atoms with E-state index in [2.05, 4.69) is 4.98 Å². The van der Waals surface area contributed by atoms with E-state index < -0.39 is 29.5 Å². The van der Waals surface area contributed by atoms with Crippen LogP contribution in [-0.2, 0) is 4.74 Å². The molecule has 3 atom stereocenters. The molecular weight excluding hydrogens is 216 g/mol. The molecule has 7 nitrogen and oxygen atoms in total. The van der Waals surface area contributed by atoms with Gasteiger partial charge in [0.25, 0.3) is 5.56 Å². The highest BCUT2D eigenvalue weighted by Crippen LogP contribution is 2.26. The molecule has 16 heavy (non-hydrogen) atoms. The minimum Gasteiger partial charge on any atom is -0.396 e. The SMILES string of the molecule is O=c1ccn([C@@H]2OC[C@@H](CO)[C@H]2O)c(=O)[nH]1. The van der Waals surface area contributed by atoms with E-state index in [0.29, 0.717) is 0 Å². The average molecular weight is 228 g/mol. The van der Waals surface area contributed by atoms with Crippen LogP contribution in [0.2, 0.25) is 0 Å². The molecule has 1 saturated heterocycles. The van der Waals surface area contributed by atoms with Gasteiger partial charge in [-0.1, -0.05) is 0 Å². The van der Waals surface area contributed by atoms with Crippen LogP contribution in [0.25, 0.3) is 0 Å². The lowest BCUT2D eigenvalue weighted by Crippen LogP contribution is -2.36. The first-order chi connectivity index (χ1) is 7.63. The quantitative estimate of drug-likeness (QED) is 0.545. The molecule has 1 aromatic rings. The van der Waals surface area contributed by atoms with Gasteiger partial charge < -0.3 is 14.9 Å². The molecule has 0 saturated carbocycles. The van der Waals surface area contributed by atoms with Crippen LogP contribution in [0.5, 0.6) is 0 Å². The smallest absolute Gasteiger partial charge is 0.330 e. The fourth-order valence-electron chi connectivity index (χ4n) is 1.69. The van der Waals surface area contributed by atoms with E-state index in [1.165, 1.54) is 12.3 Å². The van der Waals surface area contributed by atoms with Crippen LogP contribution in [0.1, 0.15) is 6.23 Å². The molecule has 88 valence electrons. The number of rotatable bonds is 2. The number of aliphatic hydroxyl groups excluding tert-OH is 2. The van der Waals surface area contributed by atoms with Gasteiger partial charge in [-0.15, -0.1) is 0 Å². The Morgan fingerprint density at radius 1 is 1.56 bits per heavy atom. The van der Waals surface area contributed by atoms with Gasteiger partial charge >= 0.3 is 5.69 Å². The molecule has 3 N–H and O–H groups in total. The second kappa shape index (κ2) is 4.20. The average Bonchev–Trinajstić information content (AvgIpc) is 2.60. The van der Waals surface area contributed by atoms with Crippen LogP contribution < -0.4 is 11.2 Å². The van der Waals surface area contributed by atoms with Crippen LogP contribution in [-0.4, -0.2) is 39.1 Å². The zero-order valence-corrected chi connectivity index (χ0v) is 8.37. The molecule has 0 bridgehead atoms. The van der Waals surface area contributed by atoms with Crippen LogP contribution >= 0.6 is 0 Å². The minimum atomic E-state index is -0.964. The summed E-state index contributed by atoms with van der Waals surface area (Å²) >= 11 is 0. The Hall–Kier alpha value is -1.44. The van der Waals surface area contributed by atoms with Crippen molar-refractivity contribution >= 4 is 0 Å². The zero-order valence-electron chi connectivity index (χ0n) is 8.37. The van der Waals surface area contributed by atoms with Crippen LogP contribution in [0, 0.1) is 5.92 Å². The highest BCUT2D eigenvalue weighted by molar-refractivity contribution is 4.89. The largest absolute Gasteiger partial charge is 0.396 e.